The number of nitrogens with one attached hydrogen (secondary N) is 1. The minimum atomic E-state index is -1.47. The molecule has 0 aliphatic carbocycles. The zero-order valence-corrected chi connectivity index (χ0v) is 13.4. The van der Waals surface area contributed by atoms with Crippen molar-refractivity contribution in [2.75, 3.05) is 0 Å². The SMILES string of the molecule is O=C(O)c1nc2cc(-c3cccc(Br)c3)c([N+](=O)[O-])cc2[nH]c1=O. The summed E-state index contributed by atoms with van der Waals surface area (Å²) < 4.78 is 0.732. The van der Waals surface area contributed by atoms with E-state index < -0.39 is 22.1 Å². The molecule has 1 aromatic heterocycles. The summed E-state index contributed by atoms with van der Waals surface area (Å²) >= 11 is 3.30. The zero-order valence-electron chi connectivity index (χ0n) is 11.8. The maximum Gasteiger partial charge on any atom is 0.360 e. The molecule has 8 nitrogen and oxygen atoms in total. The molecule has 0 saturated heterocycles. The largest absolute Gasteiger partial charge is 0.476 e. The molecule has 0 aliphatic heterocycles. The van der Waals surface area contributed by atoms with E-state index in [-0.39, 0.29) is 22.3 Å². The van der Waals surface area contributed by atoms with Gasteiger partial charge in [-0.25, -0.2) is 9.78 Å². The molecule has 0 saturated carbocycles. The first-order chi connectivity index (χ1) is 11.4. The number of H-pyrrole nitrogens is 1. The van der Waals surface area contributed by atoms with Crippen molar-refractivity contribution >= 4 is 38.6 Å². The first kappa shape index (κ1) is 15.8. The summed E-state index contributed by atoms with van der Waals surface area (Å²) in [5.74, 6) is -1.47. The lowest BCUT2D eigenvalue weighted by Gasteiger charge is -2.06. The minimum absolute atomic E-state index is 0.0930. The fourth-order valence-corrected chi connectivity index (χ4v) is 2.70. The number of hydrogen-bond donors (Lipinski definition) is 2. The Morgan fingerprint density at radius 2 is 2.04 bits per heavy atom. The zero-order chi connectivity index (χ0) is 17.4. The number of aromatic carboxylic acids is 1. The van der Waals surface area contributed by atoms with Crippen molar-refractivity contribution in [3.63, 3.8) is 0 Å². The van der Waals surface area contributed by atoms with E-state index in [1.54, 1.807) is 24.3 Å². The molecule has 120 valence electrons. The number of benzene rings is 2. The Balaban J connectivity index is 2.37. The molecule has 2 N–H and O–H groups in total. The van der Waals surface area contributed by atoms with Gasteiger partial charge in [-0.1, -0.05) is 28.1 Å². The van der Waals surface area contributed by atoms with Crippen molar-refractivity contribution in [3.05, 3.63) is 67.0 Å². The fraction of sp³-hybridized carbons (Fsp3) is 0. The molecule has 0 amide bonds. The Morgan fingerprint density at radius 1 is 1.29 bits per heavy atom. The molecule has 9 heteroatoms. The molecule has 0 spiro atoms. The quantitative estimate of drug-likeness (QED) is 0.523. The van der Waals surface area contributed by atoms with Crippen molar-refractivity contribution in [1.29, 1.82) is 0 Å². The molecule has 0 atom stereocenters. The summed E-state index contributed by atoms with van der Waals surface area (Å²) in [5.41, 5.74) is -0.743. The first-order valence-electron chi connectivity index (χ1n) is 6.58. The summed E-state index contributed by atoms with van der Waals surface area (Å²) in [5, 5.41) is 20.4. The van der Waals surface area contributed by atoms with Gasteiger partial charge in [0.15, 0.2) is 0 Å². The lowest BCUT2D eigenvalue weighted by atomic mass is 10.0. The highest BCUT2D eigenvalue weighted by molar-refractivity contribution is 9.10. The van der Waals surface area contributed by atoms with Gasteiger partial charge in [-0.15, -0.1) is 0 Å². The molecule has 0 unspecified atom stereocenters. The topological polar surface area (TPSA) is 126 Å². The number of nitrogens with zero attached hydrogens (tertiary/aromatic N) is 2. The molecule has 3 aromatic rings. The Hall–Kier alpha value is -3.07. The third kappa shape index (κ3) is 2.76. The normalized spacial score (nSPS) is 10.7. The van der Waals surface area contributed by atoms with E-state index in [1.807, 2.05) is 0 Å². The van der Waals surface area contributed by atoms with Gasteiger partial charge in [0.1, 0.15) is 0 Å². The highest BCUT2D eigenvalue weighted by atomic mass is 79.9. The van der Waals surface area contributed by atoms with Gasteiger partial charge >= 0.3 is 5.97 Å². The number of aromatic amines is 1. The van der Waals surface area contributed by atoms with E-state index in [4.69, 9.17) is 5.11 Å². The highest BCUT2D eigenvalue weighted by Crippen LogP contribution is 2.33. The lowest BCUT2D eigenvalue weighted by Crippen LogP contribution is -2.19. The van der Waals surface area contributed by atoms with Crippen molar-refractivity contribution in [1.82, 2.24) is 9.97 Å². The van der Waals surface area contributed by atoms with E-state index in [1.165, 1.54) is 12.1 Å². The van der Waals surface area contributed by atoms with E-state index in [0.29, 0.717) is 5.56 Å². The van der Waals surface area contributed by atoms with Gasteiger partial charge in [-0.3, -0.25) is 14.9 Å². The fourth-order valence-electron chi connectivity index (χ4n) is 2.31. The Morgan fingerprint density at radius 3 is 2.67 bits per heavy atom. The van der Waals surface area contributed by atoms with Crippen LogP contribution in [0.2, 0.25) is 0 Å². The average molecular weight is 390 g/mol. The average Bonchev–Trinajstić information content (AvgIpc) is 2.52. The second-order valence-electron chi connectivity index (χ2n) is 4.87. The number of aromatic nitrogens is 2. The van der Waals surface area contributed by atoms with Crippen LogP contribution in [0.4, 0.5) is 5.69 Å². The third-order valence-corrected chi connectivity index (χ3v) is 3.84. The standard InChI is InChI=1S/C15H8BrN3O5/c16-8-3-1-2-7(4-8)9-5-10-11(6-12(9)19(23)24)18-14(20)13(17-10)15(21)22/h1-6H,(H,18,20)(H,21,22). The van der Waals surface area contributed by atoms with Gasteiger partial charge in [0.25, 0.3) is 11.2 Å². The number of carboxylic acid groups (broad SMARTS) is 1. The van der Waals surface area contributed by atoms with Crippen LogP contribution in [0.15, 0.2) is 45.7 Å². The summed E-state index contributed by atoms with van der Waals surface area (Å²) in [6, 6.07) is 9.43. The van der Waals surface area contributed by atoms with Crippen LogP contribution in [0.1, 0.15) is 10.5 Å². The molecular weight excluding hydrogens is 382 g/mol. The van der Waals surface area contributed by atoms with E-state index >= 15 is 0 Å². The number of nitro groups is 1. The minimum Gasteiger partial charge on any atom is -0.476 e. The van der Waals surface area contributed by atoms with Gasteiger partial charge < -0.3 is 10.1 Å². The number of halogens is 1. The molecule has 3 rings (SSSR count). The van der Waals surface area contributed by atoms with Crippen LogP contribution in [0.25, 0.3) is 22.2 Å². The molecule has 0 fully saturated rings. The van der Waals surface area contributed by atoms with Gasteiger partial charge in [-0.05, 0) is 23.8 Å². The Kier molecular flexibility index (Phi) is 3.86. The van der Waals surface area contributed by atoms with Crippen LogP contribution in [-0.4, -0.2) is 26.0 Å². The van der Waals surface area contributed by atoms with Crippen LogP contribution >= 0.6 is 15.9 Å². The summed E-state index contributed by atoms with van der Waals surface area (Å²) in [6.45, 7) is 0. The number of nitro benzene ring substituents is 1. The number of carbonyl (C=O) groups is 1. The molecule has 0 radical (unpaired) electrons. The molecule has 0 aliphatic rings. The second-order valence-corrected chi connectivity index (χ2v) is 5.79. The second kappa shape index (κ2) is 5.85. The van der Waals surface area contributed by atoms with Gasteiger partial charge in [0.2, 0.25) is 5.69 Å². The Bertz CT molecular complexity index is 1060. The van der Waals surface area contributed by atoms with Crippen molar-refractivity contribution in [2.24, 2.45) is 0 Å². The Labute approximate surface area is 142 Å². The monoisotopic (exact) mass is 389 g/mol. The molecule has 1 heterocycles. The summed E-state index contributed by atoms with van der Waals surface area (Å²) in [7, 11) is 0. The van der Waals surface area contributed by atoms with E-state index in [9.17, 15) is 19.7 Å². The maximum absolute atomic E-state index is 11.7. The van der Waals surface area contributed by atoms with Gasteiger partial charge in [-0.2, -0.15) is 0 Å². The maximum atomic E-state index is 11.7. The predicted molar refractivity (Wildman–Crippen MR) is 89.1 cm³/mol. The molecule has 24 heavy (non-hydrogen) atoms. The lowest BCUT2D eigenvalue weighted by molar-refractivity contribution is -0.384. The van der Waals surface area contributed by atoms with Gasteiger partial charge in [0.05, 0.1) is 21.5 Å². The summed E-state index contributed by atoms with van der Waals surface area (Å²) in [6.07, 6.45) is 0. The van der Waals surface area contributed by atoms with Crippen LogP contribution in [0.5, 0.6) is 0 Å². The van der Waals surface area contributed by atoms with Crippen LogP contribution < -0.4 is 5.56 Å². The number of rotatable bonds is 3. The highest BCUT2D eigenvalue weighted by Gasteiger charge is 2.20. The first-order valence-corrected chi connectivity index (χ1v) is 7.38. The van der Waals surface area contributed by atoms with Gasteiger partial charge in [0, 0.05) is 10.5 Å². The smallest absolute Gasteiger partial charge is 0.360 e. The van der Waals surface area contributed by atoms with E-state index in [2.05, 4.69) is 25.9 Å². The predicted octanol–water partition coefficient (Wildman–Crippen LogP) is 2.96. The number of hydrogen-bond acceptors (Lipinski definition) is 5. The summed E-state index contributed by atoms with van der Waals surface area (Å²) in [4.78, 5) is 39.6. The van der Waals surface area contributed by atoms with E-state index in [0.717, 1.165) is 4.47 Å². The third-order valence-electron chi connectivity index (χ3n) is 3.34. The van der Waals surface area contributed by atoms with Crippen molar-refractivity contribution in [2.45, 2.75) is 0 Å². The number of fused-ring (bicyclic) bond motifs is 1. The van der Waals surface area contributed by atoms with Crippen molar-refractivity contribution in [3.8, 4) is 11.1 Å². The molecule has 0 bridgehead atoms. The molecule has 2 aromatic carbocycles. The van der Waals surface area contributed by atoms with Crippen molar-refractivity contribution < 1.29 is 14.8 Å². The number of carboxylic acids is 1. The van der Waals surface area contributed by atoms with Crippen LogP contribution in [0, 0.1) is 10.1 Å². The van der Waals surface area contributed by atoms with Crippen LogP contribution in [-0.2, 0) is 0 Å². The van der Waals surface area contributed by atoms with Crippen LogP contribution in [0.3, 0.4) is 0 Å². The molecular formula is C15H8BrN3O5.